The predicted molar refractivity (Wildman–Crippen MR) is 80.0 cm³/mol. The number of rotatable bonds is 6. The summed E-state index contributed by atoms with van der Waals surface area (Å²) in [5.41, 5.74) is 3.00. The van der Waals surface area contributed by atoms with Crippen molar-refractivity contribution in [2.75, 3.05) is 6.54 Å². The molecule has 1 aromatic carbocycles. The molecule has 108 valence electrons. The lowest BCUT2D eigenvalue weighted by atomic mass is 9.98. The molecular weight excluding hydrogens is 253 g/mol. The molecule has 2 aromatic rings. The Labute approximate surface area is 119 Å². The minimum absolute atomic E-state index is 0.181. The normalized spacial score (nSPS) is 12.6. The van der Waals surface area contributed by atoms with Crippen molar-refractivity contribution in [2.45, 2.75) is 39.8 Å². The van der Waals surface area contributed by atoms with Crippen molar-refractivity contribution in [2.24, 2.45) is 0 Å². The van der Waals surface area contributed by atoms with Crippen LogP contribution >= 0.6 is 0 Å². The molecule has 0 aliphatic heterocycles. The van der Waals surface area contributed by atoms with Gasteiger partial charge in [-0.05, 0) is 43.7 Å². The van der Waals surface area contributed by atoms with Gasteiger partial charge in [0.2, 0.25) is 0 Å². The molecule has 0 fully saturated rings. The van der Waals surface area contributed by atoms with Gasteiger partial charge >= 0.3 is 0 Å². The van der Waals surface area contributed by atoms with Crippen LogP contribution in [-0.4, -0.2) is 16.3 Å². The van der Waals surface area contributed by atoms with Gasteiger partial charge in [-0.3, -0.25) is 4.68 Å². The van der Waals surface area contributed by atoms with Gasteiger partial charge in [0.05, 0.1) is 5.69 Å². The van der Waals surface area contributed by atoms with E-state index in [0.29, 0.717) is 0 Å². The molecule has 0 saturated carbocycles. The molecule has 4 heteroatoms. The van der Waals surface area contributed by atoms with Crippen molar-refractivity contribution in [1.82, 2.24) is 15.1 Å². The largest absolute Gasteiger partial charge is 0.310 e. The van der Waals surface area contributed by atoms with Gasteiger partial charge in [-0.15, -0.1) is 0 Å². The third kappa shape index (κ3) is 3.07. The van der Waals surface area contributed by atoms with E-state index in [2.05, 4.69) is 31.2 Å². The summed E-state index contributed by atoms with van der Waals surface area (Å²) in [6.07, 6.45) is 2.78. The number of aryl methyl sites for hydroxylation is 1. The van der Waals surface area contributed by atoms with Crippen LogP contribution in [0.15, 0.2) is 30.5 Å². The van der Waals surface area contributed by atoms with Gasteiger partial charge in [-0.2, -0.15) is 5.10 Å². The molecular formula is C16H22FN3. The van der Waals surface area contributed by atoms with Gasteiger partial charge in [-0.1, -0.05) is 19.9 Å². The van der Waals surface area contributed by atoms with Crippen LogP contribution < -0.4 is 5.32 Å². The SMILES string of the molecule is CCCn1nccc1-c1cc(F)ccc1C(C)NCC. The van der Waals surface area contributed by atoms with Crippen LogP contribution in [0.4, 0.5) is 4.39 Å². The topological polar surface area (TPSA) is 29.9 Å². The molecule has 0 amide bonds. The van der Waals surface area contributed by atoms with E-state index in [9.17, 15) is 4.39 Å². The second kappa shape index (κ2) is 6.66. The molecule has 3 nitrogen and oxygen atoms in total. The fourth-order valence-electron chi connectivity index (χ4n) is 2.50. The van der Waals surface area contributed by atoms with E-state index >= 15 is 0 Å². The molecule has 0 aliphatic carbocycles. The standard InChI is InChI=1S/C16H22FN3/c1-4-10-20-16(8-9-19-20)15-11-13(17)6-7-14(15)12(3)18-5-2/h6-9,11-12,18H,4-5,10H2,1-3H3. The summed E-state index contributed by atoms with van der Waals surface area (Å²) in [5, 5.41) is 7.72. The quantitative estimate of drug-likeness (QED) is 0.869. The zero-order valence-corrected chi connectivity index (χ0v) is 12.4. The van der Waals surface area contributed by atoms with Crippen LogP contribution in [0.25, 0.3) is 11.3 Å². The average molecular weight is 275 g/mol. The van der Waals surface area contributed by atoms with E-state index < -0.39 is 0 Å². The van der Waals surface area contributed by atoms with Crippen molar-refractivity contribution < 1.29 is 4.39 Å². The molecule has 0 saturated heterocycles. The fourth-order valence-corrected chi connectivity index (χ4v) is 2.50. The van der Waals surface area contributed by atoms with Crippen molar-refractivity contribution in [3.8, 4) is 11.3 Å². The van der Waals surface area contributed by atoms with Crippen LogP contribution in [0.2, 0.25) is 0 Å². The van der Waals surface area contributed by atoms with Crippen LogP contribution in [0.1, 0.15) is 38.8 Å². The second-order valence-corrected chi connectivity index (χ2v) is 4.95. The molecule has 1 aromatic heterocycles. The van der Waals surface area contributed by atoms with E-state index in [-0.39, 0.29) is 11.9 Å². The number of hydrogen-bond acceptors (Lipinski definition) is 2. The van der Waals surface area contributed by atoms with Gasteiger partial charge in [0.15, 0.2) is 0 Å². The van der Waals surface area contributed by atoms with Crippen molar-refractivity contribution in [1.29, 1.82) is 0 Å². The first kappa shape index (κ1) is 14.7. The van der Waals surface area contributed by atoms with Gasteiger partial charge in [0.1, 0.15) is 5.82 Å². The highest BCUT2D eigenvalue weighted by Crippen LogP contribution is 2.29. The lowest BCUT2D eigenvalue weighted by Crippen LogP contribution is -2.19. The van der Waals surface area contributed by atoms with Gasteiger partial charge in [0.25, 0.3) is 0 Å². The van der Waals surface area contributed by atoms with Crippen LogP contribution in [-0.2, 0) is 6.54 Å². The summed E-state index contributed by atoms with van der Waals surface area (Å²) in [4.78, 5) is 0. The highest BCUT2D eigenvalue weighted by Gasteiger charge is 2.15. The molecule has 1 atom stereocenters. The molecule has 0 radical (unpaired) electrons. The molecule has 20 heavy (non-hydrogen) atoms. The highest BCUT2D eigenvalue weighted by atomic mass is 19.1. The Bertz CT molecular complexity index is 563. The number of benzene rings is 1. The van der Waals surface area contributed by atoms with Gasteiger partial charge < -0.3 is 5.32 Å². The maximum atomic E-state index is 13.7. The van der Waals surface area contributed by atoms with Crippen molar-refractivity contribution in [3.05, 3.63) is 41.8 Å². The fraction of sp³-hybridized carbons (Fsp3) is 0.438. The van der Waals surface area contributed by atoms with Crippen molar-refractivity contribution >= 4 is 0 Å². The summed E-state index contributed by atoms with van der Waals surface area (Å²) in [6, 6.07) is 7.12. The molecule has 2 rings (SSSR count). The molecule has 1 heterocycles. The van der Waals surface area contributed by atoms with E-state index in [1.54, 1.807) is 12.3 Å². The molecule has 1 N–H and O–H groups in total. The molecule has 1 unspecified atom stereocenters. The van der Waals surface area contributed by atoms with Gasteiger partial charge in [-0.25, -0.2) is 4.39 Å². The maximum Gasteiger partial charge on any atom is 0.123 e. The summed E-state index contributed by atoms with van der Waals surface area (Å²) < 4.78 is 15.6. The number of nitrogens with one attached hydrogen (secondary N) is 1. The molecule has 0 bridgehead atoms. The number of hydrogen-bond donors (Lipinski definition) is 1. The number of aromatic nitrogens is 2. The van der Waals surface area contributed by atoms with E-state index in [1.165, 1.54) is 6.07 Å². The third-order valence-corrected chi connectivity index (χ3v) is 3.42. The lowest BCUT2D eigenvalue weighted by molar-refractivity contribution is 0.586. The van der Waals surface area contributed by atoms with Crippen LogP contribution in [0, 0.1) is 5.82 Å². The Morgan fingerprint density at radius 1 is 1.30 bits per heavy atom. The summed E-state index contributed by atoms with van der Waals surface area (Å²) in [5.74, 6) is -0.211. The first-order valence-corrected chi connectivity index (χ1v) is 7.22. The Morgan fingerprint density at radius 3 is 2.80 bits per heavy atom. The Hall–Kier alpha value is -1.68. The van der Waals surface area contributed by atoms with E-state index in [1.807, 2.05) is 16.8 Å². The number of nitrogens with zero attached hydrogens (tertiary/aromatic N) is 2. The minimum atomic E-state index is -0.211. The highest BCUT2D eigenvalue weighted by molar-refractivity contribution is 5.64. The maximum absolute atomic E-state index is 13.7. The first-order chi connectivity index (χ1) is 9.67. The minimum Gasteiger partial charge on any atom is -0.310 e. The predicted octanol–water partition coefficient (Wildman–Crippen LogP) is 3.77. The third-order valence-electron chi connectivity index (χ3n) is 3.42. The molecule has 0 aliphatic rings. The lowest BCUT2D eigenvalue weighted by Gasteiger charge is -2.18. The smallest absolute Gasteiger partial charge is 0.123 e. The van der Waals surface area contributed by atoms with Crippen molar-refractivity contribution in [3.63, 3.8) is 0 Å². The van der Waals surface area contributed by atoms with E-state index in [0.717, 1.165) is 36.3 Å². The number of halogens is 1. The Morgan fingerprint density at radius 2 is 2.10 bits per heavy atom. The second-order valence-electron chi connectivity index (χ2n) is 4.95. The zero-order valence-electron chi connectivity index (χ0n) is 12.4. The Balaban J connectivity index is 2.48. The summed E-state index contributed by atoms with van der Waals surface area (Å²) in [7, 11) is 0. The average Bonchev–Trinajstić information content (AvgIpc) is 2.87. The summed E-state index contributed by atoms with van der Waals surface area (Å²) in [6.45, 7) is 8.00. The van der Waals surface area contributed by atoms with Crippen LogP contribution in [0.5, 0.6) is 0 Å². The molecule has 0 spiro atoms. The Kier molecular flexibility index (Phi) is 4.90. The van der Waals surface area contributed by atoms with E-state index in [4.69, 9.17) is 0 Å². The summed E-state index contributed by atoms with van der Waals surface area (Å²) >= 11 is 0. The van der Waals surface area contributed by atoms with Gasteiger partial charge in [0, 0.05) is 24.3 Å². The monoisotopic (exact) mass is 275 g/mol. The zero-order chi connectivity index (χ0) is 14.5. The van der Waals surface area contributed by atoms with Crippen LogP contribution in [0.3, 0.4) is 0 Å². The first-order valence-electron chi connectivity index (χ1n) is 7.22.